The first-order chi connectivity index (χ1) is 11.5. The highest BCUT2D eigenvalue weighted by molar-refractivity contribution is 7.84. The van der Waals surface area contributed by atoms with Crippen molar-refractivity contribution in [1.82, 2.24) is 5.32 Å². The van der Waals surface area contributed by atoms with E-state index in [4.69, 9.17) is 11.6 Å². The molecule has 24 heavy (non-hydrogen) atoms. The van der Waals surface area contributed by atoms with Crippen molar-refractivity contribution in [3.8, 4) is 0 Å². The van der Waals surface area contributed by atoms with Gasteiger partial charge in [-0.2, -0.15) is 0 Å². The molecule has 0 aliphatic heterocycles. The number of hydrogen-bond acceptors (Lipinski definition) is 2. The van der Waals surface area contributed by atoms with Gasteiger partial charge >= 0.3 is 0 Å². The van der Waals surface area contributed by atoms with Gasteiger partial charge in [0.15, 0.2) is 0 Å². The SMILES string of the molecule is C[S@](=O)c1ccccc1CC(=O)NCC1(c2ccc(Cl)cc2)CC1. The van der Waals surface area contributed by atoms with Crippen LogP contribution in [0.3, 0.4) is 0 Å². The molecule has 3 nitrogen and oxygen atoms in total. The minimum atomic E-state index is -1.09. The van der Waals surface area contributed by atoms with Gasteiger partial charge in [-0.25, -0.2) is 0 Å². The second-order valence-electron chi connectivity index (χ2n) is 6.30. The Morgan fingerprint density at radius 2 is 1.83 bits per heavy atom. The summed E-state index contributed by atoms with van der Waals surface area (Å²) in [7, 11) is -1.09. The van der Waals surface area contributed by atoms with Crippen molar-refractivity contribution < 1.29 is 9.00 Å². The maximum atomic E-state index is 12.3. The standard InChI is InChI=1S/C19H20ClNO2S/c1-24(23)17-5-3-2-4-14(17)12-18(22)21-13-19(10-11-19)15-6-8-16(20)9-7-15/h2-9H,10-13H2,1H3,(H,21,22)/t24-/m0/s1. The molecule has 1 atom stereocenters. The van der Waals surface area contributed by atoms with E-state index in [-0.39, 0.29) is 17.7 Å². The Hall–Kier alpha value is -1.65. The molecule has 2 aromatic carbocycles. The third kappa shape index (κ3) is 3.87. The first-order valence-electron chi connectivity index (χ1n) is 7.94. The molecule has 1 N–H and O–H groups in total. The molecule has 0 heterocycles. The molecule has 0 saturated heterocycles. The highest BCUT2D eigenvalue weighted by Crippen LogP contribution is 2.47. The van der Waals surface area contributed by atoms with Gasteiger partial charge in [0.2, 0.25) is 5.91 Å². The first kappa shape index (κ1) is 17.2. The number of carbonyl (C=O) groups is 1. The van der Waals surface area contributed by atoms with Crippen LogP contribution in [0, 0.1) is 0 Å². The molecule has 0 aromatic heterocycles. The lowest BCUT2D eigenvalue weighted by atomic mass is 9.96. The Morgan fingerprint density at radius 1 is 1.17 bits per heavy atom. The van der Waals surface area contributed by atoms with Crippen LogP contribution in [0.4, 0.5) is 0 Å². The molecule has 1 aliphatic rings. The molecule has 0 spiro atoms. The van der Waals surface area contributed by atoms with E-state index in [1.165, 1.54) is 5.56 Å². The van der Waals surface area contributed by atoms with Gasteiger partial charge in [-0.1, -0.05) is 41.9 Å². The normalized spacial score (nSPS) is 16.4. The van der Waals surface area contributed by atoms with Crippen molar-refractivity contribution in [2.24, 2.45) is 0 Å². The van der Waals surface area contributed by atoms with Crippen molar-refractivity contribution in [2.75, 3.05) is 12.8 Å². The summed E-state index contributed by atoms with van der Waals surface area (Å²) in [6.07, 6.45) is 4.04. The number of amides is 1. The summed E-state index contributed by atoms with van der Waals surface area (Å²) in [6.45, 7) is 0.630. The monoisotopic (exact) mass is 361 g/mol. The number of halogens is 1. The quantitative estimate of drug-likeness (QED) is 0.856. The number of hydrogen-bond donors (Lipinski definition) is 1. The summed E-state index contributed by atoms with van der Waals surface area (Å²) in [5.41, 5.74) is 2.10. The molecular weight excluding hydrogens is 342 g/mol. The Balaban J connectivity index is 1.62. The predicted molar refractivity (Wildman–Crippen MR) is 97.9 cm³/mol. The van der Waals surface area contributed by atoms with E-state index in [1.807, 2.05) is 48.5 Å². The van der Waals surface area contributed by atoms with Gasteiger partial charge in [0.05, 0.1) is 17.2 Å². The van der Waals surface area contributed by atoms with Gasteiger partial charge in [-0.15, -0.1) is 0 Å². The summed E-state index contributed by atoms with van der Waals surface area (Å²) in [5, 5.41) is 3.77. The molecule has 3 rings (SSSR count). The molecule has 2 aromatic rings. The Morgan fingerprint density at radius 3 is 2.46 bits per heavy atom. The summed E-state index contributed by atoms with van der Waals surface area (Å²) < 4.78 is 11.8. The topological polar surface area (TPSA) is 46.2 Å². The fourth-order valence-electron chi connectivity index (χ4n) is 2.96. The van der Waals surface area contributed by atoms with Gasteiger partial charge < -0.3 is 5.32 Å². The van der Waals surface area contributed by atoms with Gasteiger partial charge in [0.1, 0.15) is 0 Å². The third-order valence-electron chi connectivity index (χ3n) is 4.57. The zero-order chi connectivity index (χ0) is 17.2. The van der Waals surface area contributed by atoms with Crippen LogP contribution in [0.15, 0.2) is 53.4 Å². The largest absolute Gasteiger partial charge is 0.355 e. The fourth-order valence-corrected chi connectivity index (χ4v) is 3.86. The van der Waals surface area contributed by atoms with E-state index in [9.17, 15) is 9.00 Å². The summed E-state index contributed by atoms with van der Waals surface area (Å²) in [5.74, 6) is -0.0341. The van der Waals surface area contributed by atoms with Crippen LogP contribution in [-0.4, -0.2) is 22.9 Å². The van der Waals surface area contributed by atoms with Crippen LogP contribution in [0.25, 0.3) is 0 Å². The van der Waals surface area contributed by atoms with E-state index in [2.05, 4.69) is 5.32 Å². The van der Waals surface area contributed by atoms with E-state index < -0.39 is 10.8 Å². The Kier molecular flexibility index (Phi) is 5.07. The van der Waals surface area contributed by atoms with E-state index >= 15 is 0 Å². The number of benzene rings is 2. The van der Waals surface area contributed by atoms with Crippen LogP contribution in [0.2, 0.25) is 5.02 Å². The van der Waals surface area contributed by atoms with Gasteiger partial charge in [-0.05, 0) is 42.2 Å². The second-order valence-corrected chi connectivity index (χ2v) is 8.09. The summed E-state index contributed by atoms with van der Waals surface area (Å²) in [4.78, 5) is 13.0. The second kappa shape index (κ2) is 7.08. The number of carbonyl (C=O) groups excluding carboxylic acids is 1. The molecular formula is C19H20ClNO2S. The lowest BCUT2D eigenvalue weighted by molar-refractivity contribution is -0.120. The minimum Gasteiger partial charge on any atom is -0.355 e. The van der Waals surface area contributed by atoms with Gasteiger partial charge in [-0.3, -0.25) is 9.00 Å². The van der Waals surface area contributed by atoms with Crippen molar-refractivity contribution >= 4 is 28.3 Å². The maximum Gasteiger partial charge on any atom is 0.224 e. The van der Waals surface area contributed by atoms with Crippen molar-refractivity contribution in [3.63, 3.8) is 0 Å². The zero-order valence-electron chi connectivity index (χ0n) is 13.5. The van der Waals surface area contributed by atoms with E-state index in [1.54, 1.807) is 6.26 Å². The smallest absolute Gasteiger partial charge is 0.224 e. The van der Waals surface area contributed by atoms with E-state index in [0.717, 1.165) is 28.3 Å². The van der Waals surface area contributed by atoms with Crippen molar-refractivity contribution in [3.05, 3.63) is 64.7 Å². The Bertz CT molecular complexity index is 769. The van der Waals surface area contributed by atoms with E-state index in [0.29, 0.717) is 6.54 Å². The molecule has 1 fully saturated rings. The number of rotatable bonds is 6. The van der Waals surface area contributed by atoms with Crippen molar-refractivity contribution in [1.29, 1.82) is 0 Å². The molecule has 126 valence electrons. The fraction of sp³-hybridized carbons (Fsp3) is 0.316. The van der Waals surface area contributed by atoms with Crippen LogP contribution in [0.5, 0.6) is 0 Å². The third-order valence-corrected chi connectivity index (χ3v) is 5.84. The molecule has 0 radical (unpaired) electrons. The zero-order valence-corrected chi connectivity index (χ0v) is 15.1. The van der Waals surface area contributed by atoms with Crippen LogP contribution in [-0.2, 0) is 27.4 Å². The maximum absolute atomic E-state index is 12.3. The molecule has 1 aliphatic carbocycles. The molecule has 1 amide bonds. The van der Waals surface area contributed by atoms with Crippen molar-refractivity contribution in [2.45, 2.75) is 29.6 Å². The van der Waals surface area contributed by atoms with Crippen LogP contribution in [0.1, 0.15) is 24.0 Å². The van der Waals surface area contributed by atoms with Crippen LogP contribution < -0.4 is 5.32 Å². The first-order valence-corrected chi connectivity index (χ1v) is 9.88. The number of nitrogens with one attached hydrogen (secondary N) is 1. The summed E-state index contributed by atoms with van der Waals surface area (Å²) in [6, 6.07) is 15.3. The molecule has 0 bridgehead atoms. The van der Waals surface area contributed by atoms with Gasteiger partial charge in [0.25, 0.3) is 0 Å². The average molecular weight is 362 g/mol. The Labute approximate surface area is 149 Å². The van der Waals surface area contributed by atoms with Gasteiger partial charge in [0, 0.05) is 28.1 Å². The average Bonchev–Trinajstić information content (AvgIpc) is 3.35. The highest BCUT2D eigenvalue weighted by Gasteiger charge is 2.44. The minimum absolute atomic E-state index is 0.0341. The molecule has 0 unspecified atom stereocenters. The lowest BCUT2D eigenvalue weighted by Gasteiger charge is -2.17. The molecule has 5 heteroatoms. The lowest BCUT2D eigenvalue weighted by Crippen LogP contribution is -2.33. The highest BCUT2D eigenvalue weighted by atomic mass is 35.5. The summed E-state index contributed by atoms with van der Waals surface area (Å²) >= 11 is 5.95. The molecule has 1 saturated carbocycles. The van der Waals surface area contributed by atoms with Crippen LogP contribution >= 0.6 is 11.6 Å². The predicted octanol–water partition coefficient (Wildman–Crippen LogP) is 3.47.